The summed E-state index contributed by atoms with van der Waals surface area (Å²) in [6, 6.07) is 11.1. The molecule has 0 saturated heterocycles. The summed E-state index contributed by atoms with van der Waals surface area (Å²) in [6.45, 7) is 0. The number of nitrogens with two attached hydrogens (primary N) is 1. The van der Waals surface area contributed by atoms with Crippen molar-refractivity contribution in [3.8, 4) is 0 Å². The van der Waals surface area contributed by atoms with Crippen LogP contribution in [0.4, 0.5) is 0 Å². The van der Waals surface area contributed by atoms with Gasteiger partial charge in [0.05, 0.1) is 5.03 Å². The summed E-state index contributed by atoms with van der Waals surface area (Å²) in [7, 11) is 0. The van der Waals surface area contributed by atoms with Crippen LogP contribution in [0.3, 0.4) is 0 Å². The monoisotopic (exact) mass is 293 g/mol. The Morgan fingerprint density at radius 2 is 2.16 bits per heavy atom. The SMILES string of the molecule is N/C(=N/O)c1ccnc(SCc2ccccc2Cl)c1. The van der Waals surface area contributed by atoms with E-state index in [9.17, 15) is 0 Å². The molecule has 0 amide bonds. The summed E-state index contributed by atoms with van der Waals surface area (Å²) < 4.78 is 0. The lowest BCUT2D eigenvalue weighted by Gasteiger charge is -2.05. The van der Waals surface area contributed by atoms with E-state index in [4.69, 9.17) is 22.5 Å². The van der Waals surface area contributed by atoms with Crippen molar-refractivity contribution in [2.75, 3.05) is 0 Å². The van der Waals surface area contributed by atoms with Crippen molar-refractivity contribution >= 4 is 29.2 Å². The van der Waals surface area contributed by atoms with Crippen LogP contribution in [0, 0.1) is 0 Å². The summed E-state index contributed by atoms with van der Waals surface area (Å²) in [4.78, 5) is 4.23. The van der Waals surface area contributed by atoms with E-state index in [0.717, 1.165) is 15.6 Å². The number of amidine groups is 1. The van der Waals surface area contributed by atoms with Crippen LogP contribution in [0.25, 0.3) is 0 Å². The third-order valence-electron chi connectivity index (χ3n) is 2.47. The molecule has 2 aromatic rings. The van der Waals surface area contributed by atoms with Crippen molar-refractivity contribution in [1.82, 2.24) is 4.98 Å². The molecule has 0 bridgehead atoms. The molecule has 2 rings (SSSR count). The Balaban J connectivity index is 2.10. The largest absolute Gasteiger partial charge is 0.409 e. The number of thioether (sulfide) groups is 1. The Morgan fingerprint density at radius 3 is 2.89 bits per heavy atom. The number of pyridine rings is 1. The van der Waals surface area contributed by atoms with Gasteiger partial charge in [-0.05, 0) is 23.8 Å². The van der Waals surface area contributed by atoms with Crippen LogP contribution in [0.2, 0.25) is 5.02 Å². The van der Waals surface area contributed by atoms with Gasteiger partial charge >= 0.3 is 0 Å². The number of halogens is 1. The van der Waals surface area contributed by atoms with Crippen LogP contribution in [0.15, 0.2) is 52.8 Å². The number of benzene rings is 1. The van der Waals surface area contributed by atoms with Crippen molar-refractivity contribution in [2.45, 2.75) is 10.8 Å². The molecule has 0 radical (unpaired) electrons. The van der Waals surface area contributed by atoms with E-state index in [1.54, 1.807) is 30.1 Å². The van der Waals surface area contributed by atoms with Crippen molar-refractivity contribution < 1.29 is 5.21 Å². The number of hydrogen-bond donors (Lipinski definition) is 2. The second-order valence-electron chi connectivity index (χ2n) is 3.75. The number of aromatic nitrogens is 1. The predicted molar refractivity (Wildman–Crippen MR) is 77.8 cm³/mol. The van der Waals surface area contributed by atoms with Gasteiger partial charge in [-0.3, -0.25) is 0 Å². The molecule has 0 atom stereocenters. The van der Waals surface area contributed by atoms with E-state index in [1.165, 1.54) is 0 Å². The minimum atomic E-state index is 0.0713. The smallest absolute Gasteiger partial charge is 0.170 e. The van der Waals surface area contributed by atoms with Crippen LogP contribution in [0.5, 0.6) is 0 Å². The Kier molecular flexibility index (Phi) is 4.65. The molecule has 0 spiro atoms. The first-order valence-corrected chi connectivity index (χ1v) is 6.87. The molecule has 4 nitrogen and oxygen atoms in total. The minimum absolute atomic E-state index is 0.0713. The first-order chi connectivity index (χ1) is 9.20. The number of nitrogens with zero attached hydrogens (tertiary/aromatic N) is 2. The normalized spacial score (nSPS) is 11.5. The van der Waals surface area contributed by atoms with Crippen LogP contribution >= 0.6 is 23.4 Å². The standard InChI is InChI=1S/C13H12ClN3OS/c14-11-4-2-1-3-10(11)8-19-12-7-9(5-6-16-12)13(15)17-18/h1-7,18H,8H2,(H2,15,17). The topological polar surface area (TPSA) is 71.5 Å². The first kappa shape index (κ1) is 13.7. The minimum Gasteiger partial charge on any atom is -0.409 e. The number of hydrogen-bond acceptors (Lipinski definition) is 4. The Morgan fingerprint density at radius 1 is 1.37 bits per heavy atom. The molecule has 19 heavy (non-hydrogen) atoms. The molecule has 1 aromatic carbocycles. The molecule has 0 saturated carbocycles. The van der Waals surface area contributed by atoms with E-state index in [2.05, 4.69) is 10.1 Å². The fourth-order valence-electron chi connectivity index (χ4n) is 1.47. The fourth-order valence-corrected chi connectivity index (χ4v) is 2.66. The average molecular weight is 294 g/mol. The lowest BCUT2D eigenvalue weighted by molar-refractivity contribution is 0.318. The van der Waals surface area contributed by atoms with Gasteiger partial charge in [0.1, 0.15) is 0 Å². The molecule has 98 valence electrons. The molecular weight excluding hydrogens is 282 g/mol. The van der Waals surface area contributed by atoms with E-state index in [1.807, 2.05) is 24.3 Å². The van der Waals surface area contributed by atoms with Crippen LogP contribution < -0.4 is 5.73 Å². The van der Waals surface area contributed by atoms with Gasteiger partial charge in [0, 0.05) is 22.5 Å². The first-order valence-electron chi connectivity index (χ1n) is 5.51. The molecule has 0 fully saturated rings. The molecule has 0 unspecified atom stereocenters. The second kappa shape index (κ2) is 6.45. The Labute approximate surface area is 120 Å². The zero-order chi connectivity index (χ0) is 13.7. The maximum Gasteiger partial charge on any atom is 0.170 e. The summed E-state index contributed by atoms with van der Waals surface area (Å²) >= 11 is 7.63. The highest BCUT2D eigenvalue weighted by atomic mass is 35.5. The average Bonchev–Trinajstić information content (AvgIpc) is 2.46. The van der Waals surface area contributed by atoms with Gasteiger partial charge in [-0.15, -0.1) is 11.8 Å². The molecule has 3 N–H and O–H groups in total. The van der Waals surface area contributed by atoms with Gasteiger partial charge in [-0.1, -0.05) is 35.0 Å². The van der Waals surface area contributed by atoms with Crippen molar-refractivity contribution in [3.05, 3.63) is 58.7 Å². The summed E-state index contributed by atoms with van der Waals surface area (Å²) in [5.74, 6) is 0.786. The van der Waals surface area contributed by atoms with Crippen LogP contribution in [0.1, 0.15) is 11.1 Å². The van der Waals surface area contributed by atoms with Crippen molar-refractivity contribution in [2.24, 2.45) is 10.9 Å². The predicted octanol–water partition coefficient (Wildman–Crippen LogP) is 3.12. The lowest BCUT2D eigenvalue weighted by Crippen LogP contribution is -2.13. The highest BCUT2D eigenvalue weighted by Gasteiger charge is 2.04. The zero-order valence-electron chi connectivity index (χ0n) is 9.95. The second-order valence-corrected chi connectivity index (χ2v) is 5.15. The van der Waals surface area contributed by atoms with Crippen molar-refractivity contribution in [3.63, 3.8) is 0 Å². The molecule has 6 heteroatoms. The van der Waals surface area contributed by atoms with Gasteiger partial charge in [-0.2, -0.15) is 0 Å². The summed E-state index contributed by atoms with van der Waals surface area (Å²) in [6.07, 6.45) is 1.63. The summed E-state index contributed by atoms with van der Waals surface area (Å²) in [5.41, 5.74) is 7.22. The highest BCUT2D eigenvalue weighted by Crippen LogP contribution is 2.25. The summed E-state index contributed by atoms with van der Waals surface area (Å²) in [5, 5.41) is 13.1. The number of oxime groups is 1. The number of rotatable bonds is 4. The highest BCUT2D eigenvalue weighted by molar-refractivity contribution is 7.98. The van der Waals surface area contributed by atoms with Gasteiger partial charge in [0.2, 0.25) is 0 Å². The fraction of sp³-hybridized carbons (Fsp3) is 0.0769. The quantitative estimate of drug-likeness (QED) is 0.299. The molecule has 0 aliphatic carbocycles. The lowest BCUT2D eigenvalue weighted by atomic mass is 10.2. The van der Waals surface area contributed by atoms with E-state index in [0.29, 0.717) is 11.3 Å². The van der Waals surface area contributed by atoms with Crippen LogP contribution in [-0.4, -0.2) is 16.0 Å². The Hall–Kier alpha value is -1.72. The molecule has 0 aliphatic heterocycles. The van der Waals surface area contributed by atoms with Gasteiger partial charge < -0.3 is 10.9 Å². The van der Waals surface area contributed by atoms with Gasteiger partial charge in [0.15, 0.2) is 5.84 Å². The molecule has 0 aliphatic rings. The molecule has 1 heterocycles. The van der Waals surface area contributed by atoms with E-state index >= 15 is 0 Å². The maximum absolute atomic E-state index is 8.64. The van der Waals surface area contributed by atoms with Gasteiger partial charge in [0.25, 0.3) is 0 Å². The third kappa shape index (κ3) is 3.62. The van der Waals surface area contributed by atoms with Crippen LogP contribution in [-0.2, 0) is 5.75 Å². The third-order valence-corrected chi connectivity index (χ3v) is 3.81. The molecular formula is C13H12ClN3OS. The van der Waals surface area contributed by atoms with E-state index in [-0.39, 0.29) is 5.84 Å². The maximum atomic E-state index is 8.64. The molecule has 1 aromatic heterocycles. The van der Waals surface area contributed by atoms with E-state index < -0.39 is 0 Å². The van der Waals surface area contributed by atoms with Gasteiger partial charge in [-0.25, -0.2) is 4.98 Å². The van der Waals surface area contributed by atoms with Crippen molar-refractivity contribution in [1.29, 1.82) is 0 Å². The Bertz CT molecular complexity index is 604. The zero-order valence-corrected chi connectivity index (χ0v) is 11.5.